The van der Waals surface area contributed by atoms with Gasteiger partial charge in [-0.2, -0.15) is 0 Å². The number of hydrazine groups is 1. The van der Waals surface area contributed by atoms with Crippen LogP contribution in [0.15, 0.2) is 53.2 Å². The largest absolute Gasteiger partial charge is 0.350 e. The number of nitrogens with one attached hydrogen (secondary N) is 4. The molecule has 3 heterocycles. The molecule has 6 rings (SSSR count). The van der Waals surface area contributed by atoms with Crippen LogP contribution in [0.25, 0.3) is 0 Å². The minimum absolute atomic E-state index is 0.0984. The smallest absolute Gasteiger partial charge is 0.223 e. The Bertz CT molecular complexity index is 1130. The van der Waals surface area contributed by atoms with Crippen molar-refractivity contribution in [1.82, 2.24) is 26.1 Å². The van der Waals surface area contributed by atoms with Gasteiger partial charge in [0.25, 0.3) is 0 Å². The maximum absolute atomic E-state index is 13.5. The highest BCUT2D eigenvalue weighted by molar-refractivity contribution is 6.02. The lowest BCUT2D eigenvalue weighted by Gasteiger charge is -2.30. The summed E-state index contributed by atoms with van der Waals surface area (Å²) in [5.74, 6) is 1.70. The molecule has 0 radical (unpaired) electrons. The summed E-state index contributed by atoms with van der Waals surface area (Å²) in [7, 11) is 0. The van der Waals surface area contributed by atoms with Gasteiger partial charge in [0, 0.05) is 36.3 Å². The van der Waals surface area contributed by atoms with Crippen molar-refractivity contribution in [3.63, 3.8) is 0 Å². The Balaban J connectivity index is 1.15. The zero-order valence-electron chi connectivity index (χ0n) is 19.1. The topological polar surface area (TPSA) is 112 Å². The van der Waals surface area contributed by atoms with E-state index in [1.54, 1.807) is 12.3 Å². The fourth-order valence-electron chi connectivity index (χ4n) is 5.44. The molecule has 3 fully saturated rings. The summed E-state index contributed by atoms with van der Waals surface area (Å²) in [4.78, 5) is 14.2. The highest BCUT2D eigenvalue weighted by atomic mass is 19.1. The van der Waals surface area contributed by atoms with Gasteiger partial charge in [-0.15, -0.1) is 0 Å². The number of aromatic nitrogens is 2. The van der Waals surface area contributed by atoms with E-state index in [9.17, 15) is 4.39 Å². The van der Waals surface area contributed by atoms with E-state index in [4.69, 9.17) is 15.7 Å². The standard InChI is InChI=1S/C25H31FN8/c26-17-3-1-2-15(12-17)14-29-24-28-11-10-21(30-24)22-20-9-4-16-13-25(16,32-23(20)34-33-22)31-19-7-5-18(27)6-8-19/h1-3,9-12,16,18-19,22,31,33H,4-8,13-14,27H2,(H,32,34)(H,28,29,30). The number of aliphatic imine (C=N–C) groups is 1. The summed E-state index contributed by atoms with van der Waals surface area (Å²) >= 11 is 0. The number of nitrogens with zero attached hydrogens (tertiary/aromatic N) is 3. The molecule has 6 N–H and O–H groups in total. The van der Waals surface area contributed by atoms with Gasteiger partial charge in [-0.05, 0) is 62.3 Å². The second kappa shape index (κ2) is 8.72. The molecule has 9 heteroatoms. The maximum Gasteiger partial charge on any atom is 0.223 e. The first-order valence-electron chi connectivity index (χ1n) is 12.2. The van der Waals surface area contributed by atoms with Gasteiger partial charge in [0.1, 0.15) is 17.3 Å². The Hall–Kier alpha value is -2.88. The van der Waals surface area contributed by atoms with Crippen LogP contribution in [-0.2, 0) is 6.54 Å². The first kappa shape index (κ1) is 21.6. The summed E-state index contributed by atoms with van der Waals surface area (Å²) < 4.78 is 13.5. The number of rotatable bonds is 6. The van der Waals surface area contributed by atoms with Crippen LogP contribution < -0.4 is 27.2 Å². The predicted octanol–water partition coefficient (Wildman–Crippen LogP) is 2.68. The zero-order valence-corrected chi connectivity index (χ0v) is 19.1. The molecule has 34 heavy (non-hydrogen) atoms. The lowest BCUT2D eigenvalue weighted by molar-refractivity contribution is 0.299. The molecule has 3 unspecified atom stereocenters. The summed E-state index contributed by atoms with van der Waals surface area (Å²) in [6.07, 6.45) is 10.6. The minimum Gasteiger partial charge on any atom is -0.350 e. The molecule has 2 aliphatic carbocycles. The van der Waals surface area contributed by atoms with Crippen LogP contribution in [0.4, 0.5) is 10.3 Å². The molecule has 2 aliphatic heterocycles. The van der Waals surface area contributed by atoms with Gasteiger partial charge >= 0.3 is 0 Å². The van der Waals surface area contributed by atoms with Crippen molar-refractivity contribution < 1.29 is 4.39 Å². The van der Waals surface area contributed by atoms with E-state index >= 15 is 0 Å². The van der Waals surface area contributed by atoms with E-state index in [1.165, 1.54) is 12.1 Å². The van der Waals surface area contributed by atoms with Crippen LogP contribution in [0.3, 0.4) is 0 Å². The lowest BCUT2D eigenvalue weighted by Crippen LogP contribution is -2.45. The second-order valence-electron chi connectivity index (χ2n) is 9.93. The van der Waals surface area contributed by atoms with Gasteiger partial charge < -0.3 is 16.5 Å². The zero-order chi connectivity index (χ0) is 23.1. The molecule has 2 saturated carbocycles. The monoisotopic (exact) mass is 462 g/mol. The molecular formula is C25H31FN8. The van der Waals surface area contributed by atoms with Gasteiger partial charge in [-0.3, -0.25) is 5.32 Å². The van der Waals surface area contributed by atoms with Crippen molar-refractivity contribution in [3.05, 3.63) is 65.3 Å². The Kier molecular flexibility index (Phi) is 5.55. The molecule has 178 valence electrons. The number of hydrogen-bond acceptors (Lipinski definition) is 8. The first-order valence-corrected chi connectivity index (χ1v) is 12.2. The summed E-state index contributed by atoms with van der Waals surface area (Å²) in [6.45, 7) is 0.453. The van der Waals surface area contributed by atoms with Crippen molar-refractivity contribution in [2.45, 2.75) is 68.9 Å². The van der Waals surface area contributed by atoms with E-state index in [0.717, 1.165) is 61.2 Å². The normalized spacial score (nSPS) is 31.9. The SMILES string of the molecule is NC1CCC(NC23CC2CC=C2C(=N3)NNC2c2ccnc(NCc3cccc(F)c3)n2)CC1. The van der Waals surface area contributed by atoms with Gasteiger partial charge in [-0.1, -0.05) is 18.2 Å². The number of amidine groups is 1. The molecule has 4 aliphatic rings. The van der Waals surface area contributed by atoms with Crippen molar-refractivity contribution in [1.29, 1.82) is 0 Å². The van der Waals surface area contributed by atoms with Gasteiger partial charge in [0.15, 0.2) is 0 Å². The second-order valence-corrected chi connectivity index (χ2v) is 9.93. The van der Waals surface area contributed by atoms with Crippen molar-refractivity contribution in [3.8, 4) is 0 Å². The van der Waals surface area contributed by atoms with E-state index < -0.39 is 0 Å². The Morgan fingerprint density at radius 2 is 2.06 bits per heavy atom. The van der Waals surface area contributed by atoms with Crippen LogP contribution in [0, 0.1) is 11.7 Å². The van der Waals surface area contributed by atoms with E-state index in [1.807, 2.05) is 12.1 Å². The summed E-state index contributed by atoms with van der Waals surface area (Å²) in [5.41, 5.74) is 15.4. The third-order valence-corrected chi connectivity index (χ3v) is 7.46. The van der Waals surface area contributed by atoms with Crippen LogP contribution in [0.5, 0.6) is 0 Å². The molecule has 1 aromatic heterocycles. The Labute approximate surface area is 198 Å². The Morgan fingerprint density at radius 3 is 2.91 bits per heavy atom. The quantitative estimate of drug-likeness (QED) is 0.449. The molecule has 0 bridgehead atoms. The van der Waals surface area contributed by atoms with Crippen LogP contribution in [0.1, 0.15) is 55.8 Å². The summed E-state index contributed by atoms with van der Waals surface area (Å²) in [6, 6.07) is 9.18. The molecule has 8 nitrogen and oxygen atoms in total. The third-order valence-electron chi connectivity index (χ3n) is 7.46. The lowest BCUT2D eigenvalue weighted by atomic mass is 9.91. The number of benzene rings is 1. The van der Waals surface area contributed by atoms with Crippen LogP contribution >= 0.6 is 0 Å². The highest BCUT2D eigenvalue weighted by Crippen LogP contribution is 2.51. The molecule has 2 aromatic rings. The molecule has 1 aromatic carbocycles. The predicted molar refractivity (Wildman–Crippen MR) is 129 cm³/mol. The van der Waals surface area contributed by atoms with Crippen LogP contribution in [-0.4, -0.2) is 33.6 Å². The van der Waals surface area contributed by atoms with E-state index in [0.29, 0.717) is 30.5 Å². The minimum atomic E-state index is -0.250. The van der Waals surface area contributed by atoms with Gasteiger partial charge in [0.05, 0.1) is 11.7 Å². The molecule has 3 atom stereocenters. The molecule has 1 saturated heterocycles. The molecule has 0 amide bonds. The number of halogens is 1. The third kappa shape index (κ3) is 4.31. The number of fused-ring (bicyclic) bond motifs is 2. The fourth-order valence-corrected chi connectivity index (χ4v) is 5.44. The number of hydrogen-bond donors (Lipinski definition) is 5. The van der Waals surface area contributed by atoms with E-state index in [2.05, 4.69) is 32.5 Å². The molecule has 0 spiro atoms. The van der Waals surface area contributed by atoms with Crippen molar-refractivity contribution in [2.75, 3.05) is 5.32 Å². The average molecular weight is 463 g/mol. The van der Waals surface area contributed by atoms with Crippen molar-refractivity contribution >= 4 is 11.8 Å². The van der Waals surface area contributed by atoms with Crippen molar-refractivity contribution in [2.24, 2.45) is 16.6 Å². The number of nitrogens with two attached hydrogens (primary N) is 1. The number of allylic oxidation sites excluding steroid dienone is 1. The van der Waals surface area contributed by atoms with Gasteiger partial charge in [0.2, 0.25) is 5.95 Å². The van der Waals surface area contributed by atoms with E-state index in [-0.39, 0.29) is 17.5 Å². The summed E-state index contributed by atoms with van der Waals surface area (Å²) in [5, 5.41) is 7.07. The highest BCUT2D eigenvalue weighted by Gasteiger charge is 2.56. The maximum atomic E-state index is 13.5. The number of anilines is 1. The Morgan fingerprint density at radius 1 is 1.18 bits per heavy atom. The first-order chi connectivity index (χ1) is 16.6. The fraction of sp³-hybridized carbons (Fsp3) is 0.480. The van der Waals surface area contributed by atoms with Gasteiger partial charge in [-0.25, -0.2) is 24.8 Å². The average Bonchev–Trinajstić information content (AvgIpc) is 3.40. The van der Waals surface area contributed by atoms with Crippen LogP contribution in [0.2, 0.25) is 0 Å². The molecular weight excluding hydrogens is 431 g/mol.